The topological polar surface area (TPSA) is 9.23 Å². The maximum atomic E-state index is 13.3. The number of hydrogen-bond donors (Lipinski definition) is 0. The molecule has 1 atom stereocenters. The lowest BCUT2D eigenvalue weighted by molar-refractivity contribution is 0.338. The third kappa shape index (κ3) is 3.61. The van der Waals surface area contributed by atoms with Gasteiger partial charge in [0, 0.05) is 0 Å². The third-order valence-corrected chi connectivity index (χ3v) is 4.52. The molecule has 0 N–H and O–H groups in total. The monoisotopic (exact) mass is 422 g/mol. The summed E-state index contributed by atoms with van der Waals surface area (Å²) in [5.41, 5.74) is 1.05. The first-order valence-corrected chi connectivity index (χ1v) is 7.85. The van der Waals surface area contributed by atoms with Gasteiger partial charge in [-0.15, -0.1) is 0 Å². The van der Waals surface area contributed by atoms with E-state index in [-0.39, 0.29) is 0 Å². The molecule has 2 aromatic rings. The standard InChI is InChI=1S/C15H11Br2F3O/c1-2-21-13-4-3-8(5-10(13)16)14(17)9-6-11(18)15(20)12(19)7-9/h3-7,14H,2H2,1H3. The summed E-state index contributed by atoms with van der Waals surface area (Å²) in [6.07, 6.45) is 0. The van der Waals surface area contributed by atoms with Gasteiger partial charge in [0.15, 0.2) is 17.5 Å². The van der Waals surface area contributed by atoms with Crippen LogP contribution in [0.15, 0.2) is 34.8 Å². The van der Waals surface area contributed by atoms with E-state index in [1.54, 1.807) is 18.2 Å². The average molecular weight is 424 g/mol. The van der Waals surface area contributed by atoms with Crippen LogP contribution in [-0.2, 0) is 0 Å². The van der Waals surface area contributed by atoms with Gasteiger partial charge in [-0.05, 0) is 58.2 Å². The first kappa shape index (κ1) is 16.4. The summed E-state index contributed by atoms with van der Waals surface area (Å²) < 4.78 is 45.7. The molecule has 0 radical (unpaired) electrons. The smallest absolute Gasteiger partial charge is 0.194 e. The molecule has 0 aliphatic heterocycles. The molecule has 6 heteroatoms. The van der Waals surface area contributed by atoms with E-state index in [4.69, 9.17) is 4.74 Å². The summed E-state index contributed by atoms with van der Waals surface area (Å²) in [5.74, 6) is -3.21. The summed E-state index contributed by atoms with van der Waals surface area (Å²) >= 11 is 6.74. The molecule has 0 saturated carbocycles. The minimum absolute atomic E-state index is 0.294. The maximum Gasteiger partial charge on any atom is 0.194 e. The molecule has 2 rings (SSSR count). The van der Waals surface area contributed by atoms with Crippen LogP contribution in [0.2, 0.25) is 0 Å². The Hall–Kier alpha value is -1.01. The minimum atomic E-state index is -1.47. The average Bonchev–Trinajstić information content (AvgIpc) is 2.45. The summed E-state index contributed by atoms with van der Waals surface area (Å²) in [7, 11) is 0. The van der Waals surface area contributed by atoms with Gasteiger partial charge in [0.2, 0.25) is 0 Å². The highest BCUT2D eigenvalue weighted by Crippen LogP contribution is 2.36. The van der Waals surface area contributed by atoms with Crippen molar-refractivity contribution in [3.63, 3.8) is 0 Å². The highest BCUT2D eigenvalue weighted by Gasteiger charge is 2.17. The summed E-state index contributed by atoms with van der Waals surface area (Å²) in [6.45, 7) is 2.40. The first-order chi connectivity index (χ1) is 9.93. The second-order valence-corrected chi connectivity index (χ2v) is 6.05. The van der Waals surface area contributed by atoms with Gasteiger partial charge in [-0.25, -0.2) is 13.2 Å². The van der Waals surface area contributed by atoms with Crippen molar-refractivity contribution in [1.29, 1.82) is 0 Å². The molecule has 0 fully saturated rings. The van der Waals surface area contributed by atoms with E-state index >= 15 is 0 Å². The molecule has 1 unspecified atom stereocenters. The Kier molecular flexibility index (Phi) is 5.32. The van der Waals surface area contributed by atoms with Crippen LogP contribution in [0.5, 0.6) is 5.75 Å². The fourth-order valence-electron chi connectivity index (χ4n) is 1.86. The number of halogens is 5. The summed E-state index contributed by atoms with van der Waals surface area (Å²) in [6, 6.07) is 7.26. The van der Waals surface area contributed by atoms with Gasteiger partial charge in [-0.2, -0.15) is 0 Å². The predicted molar refractivity (Wildman–Crippen MR) is 82.4 cm³/mol. The van der Waals surface area contributed by atoms with Gasteiger partial charge in [-0.3, -0.25) is 0 Å². The molecular weight excluding hydrogens is 413 g/mol. The van der Waals surface area contributed by atoms with Crippen molar-refractivity contribution in [3.8, 4) is 5.75 Å². The van der Waals surface area contributed by atoms with E-state index in [0.29, 0.717) is 17.9 Å². The molecule has 0 bridgehead atoms. The Labute approximate surface area is 137 Å². The highest BCUT2D eigenvalue weighted by atomic mass is 79.9. The van der Waals surface area contributed by atoms with Gasteiger partial charge in [-0.1, -0.05) is 22.0 Å². The number of rotatable bonds is 4. The normalized spacial score (nSPS) is 12.3. The Morgan fingerprint density at radius 3 is 2.19 bits per heavy atom. The van der Waals surface area contributed by atoms with Crippen molar-refractivity contribution in [2.45, 2.75) is 11.8 Å². The van der Waals surface area contributed by atoms with Crippen LogP contribution in [0.25, 0.3) is 0 Å². The van der Waals surface area contributed by atoms with Gasteiger partial charge in [0.25, 0.3) is 0 Å². The van der Waals surface area contributed by atoms with Crippen LogP contribution in [0, 0.1) is 17.5 Å². The fraction of sp³-hybridized carbons (Fsp3) is 0.200. The van der Waals surface area contributed by atoms with Gasteiger partial charge in [0.05, 0.1) is 15.9 Å². The van der Waals surface area contributed by atoms with Gasteiger partial charge < -0.3 is 4.74 Å². The van der Waals surface area contributed by atoms with E-state index in [0.717, 1.165) is 22.2 Å². The van der Waals surface area contributed by atoms with Crippen LogP contribution in [0.1, 0.15) is 22.9 Å². The Morgan fingerprint density at radius 1 is 1.05 bits per heavy atom. The van der Waals surface area contributed by atoms with E-state index in [1.807, 2.05) is 6.92 Å². The Bertz CT molecular complexity index is 638. The van der Waals surface area contributed by atoms with Crippen molar-refractivity contribution in [2.24, 2.45) is 0 Å². The van der Waals surface area contributed by atoms with Crippen molar-refractivity contribution in [2.75, 3.05) is 6.61 Å². The molecule has 0 amide bonds. The third-order valence-electron chi connectivity index (χ3n) is 2.85. The Morgan fingerprint density at radius 2 is 1.67 bits per heavy atom. The lowest BCUT2D eigenvalue weighted by Gasteiger charge is -2.14. The summed E-state index contributed by atoms with van der Waals surface area (Å²) in [5, 5.41) is 0. The van der Waals surface area contributed by atoms with Crippen LogP contribution < -0.4 is 4.74 Å². The highest BCUT2D eigenvalue weighted by molar-refractivity contribution is 9.10. The fourth-order valence-corrected chi connectivity index (χ4v) is 2.92. The number of hydrogen-bond acceptors (Lipinski definition) is 1. The lowest BCUT2D eigenvalue weighted by atomic mass is 10.0. The quantitative estimate of drug-likeness (QED) is 0.449. The van der Waals surface area contributed by atoms with Crippen LogP contribution >= 0.6 is 31.9 Å². The molecular formula is C15H11Br2F3O. The number of ether oxygens (including phenoxy) is 1. The van der Waals surface area contributed by atoms with Gasteiger partial charge in [0.1, 0.15) is 5.75 Å². The molecule has 1 nitrogen and oxygen atoms in total. The van der Waals surface area contributed by atoms with Crippen LogP contribution in [0.4, 0.5) is 13.2 Å². The zero-order valence-electron chi connectivity index (χ0n) is 11.0. The van der Waals surface area contributed by atoms with E-state index < -0.39 is 22.3 Å². The van der Waals surface area contributed by atoms with E-state index in [9.17, 15) is 13.2 Å². The molecule has 0 aliphatic rings. The molecule has 0 aliphatic carbocycles. The molecule has 0 heterocycles. The van der Waals surface area contributed by atoms with Crippen LogP contribution in [0.3, 0.4) is 0 Å². The largest absolute Gasteiger partial charge is 0.493 e. The predicted octanol–water partition coefficient (Wildman–Crippen LogP) is 5.75. The van der Waals surface area contributed by atoms with Crippen molar-refractivity contribution >= 4 is 31.9 Å². The van der Waals surface area contributed by atoms with Gasteiger partial charge >= 0.3 is 0 Å². The zero-order chi connectivity index (χ0) is 15.6. The number of alkyl halides is 1. The van der Waals surface area contributed by atoms with E-state index in [2.05, 4.69) is 31.9 Å². The van der Waals surface area contributed by atoms with E-state index in [1.165, 1.54) is 0 Å². The second-order valence-electron chi connectivity index (χ2n) is 4.28. The molecule has 0 saturated heterocycles. The Balaban J connectivity index is 2.36. The lowest BCUT2D eigenvalue weighted by Crippen LogP contribution is -1.99. The maximum absolute atomic E-state index is 13.3. The minimum Gasteiger partial charge on any atom is -0.493 e. The van der Waals surface area contributed by atoms with Crippen LogP contribution in [-0.4, -0.2) is 6.61 Å². The summed E-state index contributed by atoms with van der Waals surface area (Å²) in [4.78, 5) is -0.464. The number of benzene rings is 2. The molecule has 112 valence electrons. The molecule has 0 aromatic heterocycles. The first-order valence-electron chi connectivity index (χ1n) is 6.14. The zero-order valence-corrected chi connectivity index (χ0v) is 14.1. The SMILES string of the molecule is CCOc1ccc(C(Br)c2cc(F)c(F)c(F)c2)cc1Br. The molecule has 2 aromatic carbocycles. The van der Waals surface area contributed by atoms with Crippen molar-refractivity contribution in [1.82, 2.24) is 0 Å². The van der Waals surface area contributed by atoms with Crippen molar-refractivity contribution in [3.05, 3.63) is 63.4 Å². The molecule has 21 heavy (non-hydrogen) atoms. The second kappa shape index (κ2) is 6.83. The molecule has 0 spiro atoms. The van der Waals surface area contributed by atoms with Crippen molar-refractivity contribution < 1.29 is 17.9 Å².